The standard InChI is InChI=1S/C6H16N2/c1-3-6(8)4-5(2)7/h5-6H,3-4,7-8H2,1-2H3/t5-,6?/m0/s1. The van der Waals surface area contributed by atoms with Gasteiger partial charge in [0.1, 0.15) is 0 Å². The van der Waals surface area contributed by atoms with E-state index in [0.717, 1.165) is 12.8 Å². The van der Waals surface area contributed by atoms with Crippen molar-refractivity contribution in [1.82, 2.24) is 0 Å². The van der Waals surface area contributed by atoms with Crippen LogP contribution in [0.1, 0.15) is 26.7 Å². The van der Waals surface area contributed by atoms with Crippen molar-refractivity contribution < 1.29 is 0 Å². The second-order valence-corrected chi connectivity index (χ2v) is 2.38. The van der Waals surface area contributed by atoms with Gasteiger partial charge < -0.3 is 11.5 Å². The molecule has 0 aromatic carbocycles. The van der Waals surface area contributed by atoms with Crippen molar-refractivity contribution in [2.75, 3.05) is 0 Å². The monoisotopic (exact) mass is 116 g/mol. The van der Waals surface area contributed by atoms with Crippen LogP contribution in [0.5, 0.6) is 0 Å². The van der Waals surface area contributed by atoms with E-state index in [1.807, 2.05) is 6.92 Å². The summed E-state index contributed by atoms with van der Waals surface area (Å²) in [6.45, 7) is 4.06. The van der Waals surface area contributed by atoms with E-state index in [1.54, 1.807) is 0 Å². The maximum absolute atomic E-state index is 5.59. The summed E-state index contributed by atoms with van der Waals surface area (Å²) in [6.07, 6.45) is 1.97. The molecule has 2 nitrogen and oxygen atoms in total. The SMILES string of the molecule is CCC(N)C[C@H](C)N. The fraction of sp³-hybridized carbons (Fsp3) is 1.00. The first kappa shape index (κ1) is 7.92. The van der Waals surface area contributed by atoms with Crippen molar-refractivity contribution in [3.63, 3.8) is 0 Å². The third kappa shape index (κ3) is 4.09. The lowest BCUT2D eigenvalue weighted by molar-refractivity contribution is 0.535. The summed E-state index contributed by atoms with van der Waals surface area (Å²) in [5.41, 5.74) is 11.1. The molecule has 2 heteroatoms. The Morgan fingerprint density at radius 2 is 1.88 bits per heavy atom. The van der Waals surface area contributed by atoms with Crippen LogP contribution < -0.4 is 11.5 Å². The maximum atomic E-state index is 5.59. The topological polar surface area (TPSA) is 52.0 Å². The smallest absolute Gasteiger partial charge is 0.00508 e. The second-order valence-electron chi connectivity index (χ2n) is 2.38. The summed E-state index contributed by atoms with van der Waals surface area (Å²) in [5.74, 6) is 0. The Morgan fingerprint density at radius 1 is 1.38 bits per heavy atom. The largest absolute Gasteiger partial charge is 0.328 e. The zero-order valence-corrected chi connectivity index (χ0v) is 5.72. The first-order chi connectivity index (χ1) is 3.66. The molecule has 0 fully saturated rings. The Labute approximate surface area is 51.2 Å². The van der Waals surface area contributed by atoms with Gasteiger partial charge in [0.25, 0.3) is 0 Å². The Morgan fingerprint density at radius 3 is 2.00 bits per heavy atom. The minimum absolute atomic E-state index is 0.255. The van der Waals surface area contributed by atoms with Crippen molar-refractivity contribution in [2.24, 2.45) is 11.5 Å². The molecular weight excluding hydrogens is 100 g/mol. The third-order valence-electron chi connectivity index (χ3n) is 1.20. The summed E-state index contributed by atoms with van der Waals surface area (Å²) in [4.78, 5) is 0. The van der Waals surface area contributed by atoms with Crippen molar-refractivity contribution in [1.29, 1.82) is 0 Å². The molecule has 0 spiro atoms. The highest BCUT2D eigenvalue weighted by Crippen LogP contribution is 1.94. The molecule has 8 heavy (non-hydrogen) atoms. The van der Waals surface area contributed by atoms with Gasteiger partial charge in [-0.05, 0) is 19.8 Å². The molecule has 4 N–H and O–H groups in total. The lowest BCUT2D eigenvalue weighted by atomic mass is 10.1. The minimum atomic E-state index is 0.255. The summed E-state index contributed by atoms with van der Waals surface area (Å²) < 4.78 is 0. The predicted molar refractivity (Wildman–Crippen MR) is 36.5 cm³/mol. The van der Waals surface area contributed by atoms with E-state index in [9.17, 15) is 0 Å². The van der Waals surface area contributed by atoms with Gasteiger partial charge in [0.2, 0.25) is 0 Å². The van der Waals surface area contributed by atoms with E-state index in [-0.39, 0.29) is 6.04 Å². The fourth-order valence-electron chi connectivity index (χ4n) is 0.644. The normalized spacial score (nSPS) is 18.0. The molecule has 50 valence electrons. The molecule has 0 saturated heterocycles. The molecule has 0 aliphatic carbocycles. The van der Waals surface area contributed by atoms with Crippen LogP contribution in [0, 0.1) is 0 Å². The van der Waals surface area contributed by atoms with Crippen LogP contribution in [0.15, 0.2) is 0 Å². The highest BCUT2D eigenvalue weighted by atomic mass is 14.7. The highest BCUT2D eigenvalue weighted by Gasteiger charge is 2.00. The average Bonchev–Trinajstić information content (AvgIpc) is 1.65. The van der Waals surface area contributed by atoms with Crippen molar-refractivity contribution in [2.45, 2.75) is 38.8 Å². The molecule has 0 aliphatic heterocycles. The van der Waals surface area contributed by atoms with Crippen LogP contribution >= 0.6 is 0 Å². The minimum Gasteiger partial charge on any atom is -0.328 e. The lowest BCUT2D eigenvalue weighted by Crippen LogP contribution is -2.28. The fourth-order valence-corrected chi connectivity index (χ4v) is 0.644. The molecule has 0 heterocycles. The van der Waals surface area contributed by atoms with E-state index in [1.165, 1.54) is 0 Å². The van der Waals surface area contributed by atoms with Gasteiger partial charge in [-0.1, -0.05) is 6.92 Å². The number of hydrogen-bond donors (Lipinski definition) is 2. The van der Waals surface area contributed by atoms with E-state index < -0.39 is 0 Å². The quantitative estimate of drug-likeness (QED) is 0.563. The maximum Gasteiger partial charge on any atom is 0.00508 e. The van der Waals surface area contributed by atoms with Gasteiger partial charge in [0.05, 0.1) is 0 Å². The van der Waals surface area contributed by atoms with E-state index in [4.69, 9.17) is 11.5 Å². The predicted octanol–water partition coefficient (Wildman–Crippen LogP) is 0.461. The summed E-state index contributed by atoms with van der Waals surface area (Å²) in [6, 6.07) is 0.556. The molecule has 1 unspecified atom stereocenters. The summed E-state index contributed by atoms with van der Waals surface area (Å²) in [7, 11) is 0. The van der Waals surface area contributed by atoms with Crippen LogP contribution in [-0.2, 0) is 0 Å². The van der Waals surface area contributed by atoms with E-state index in [0.29, 0.717) is 6.04 Å². The molecule has 0 aromatic heterocycles. The molecule has 0 amide bonds. The average molecular weight is 116 g/mol. The molecule has 0 bridgehead atoms. The third-order valence-corrected chi connectivity index (χ3v) is 1.20. The zero-order valence-electron chi connectivity index (χ0n) is 5.72. The number of rotatable bonds is 3. The number of nitrogens with two attached hydrogens (primary N) is 2. The Hall–Kier alpha value is -0.0800. The molecular formula is C6H16N2. The van der Waals surface area contributed by atoms with Gasteiger partial charge in [0, 0.05) is 12.1 Å². The molecule has 0 aromatic rings. The summed E-state index contributed by atoms with van der Waals surface area (Å²) >= 11 is 0. The van der Waals surface area contributed by atoms with Gasteiger partial charge >= 0.3 is 0 Å². The summed E-state index contributed by atoms with van der Waals surface area (Å²) in [5, 5.41) is 0. The molecule has 0 radical (unpaired) electrons. The molecule has 2 atom stereocenters. The lowest BCUT2D eigenvalue weighted by Gasteiger charge is -2.09. The van der Waals surface area contributed by atoms with Crippen LogP contribution in [0.25, 0.3) is 0 Å². The van der Waals surface area contributed by atoms with Crippen LogP contribution in [0.4, 0.5) is 0 Å². The Balaban J connectivity index is 3.10. The van der Waals surface area contributed by atoms with E-state index >= 15 is 0 Å². The molecule has 0 aliphatic rings. The molecule has 0 saturated carbocycles. The van der Waals surface area contributed by atoms with Crippen molar-refractivity contribution in [3.8, 4) is 0 Å². The van der Waals surface area contributed by atoms with Gasteiger partial charge in [-0.25, -0.2) is 0 Å². The van der Waals surface area contributed by atoms with Gasteiger partial charge in [-0.15, -0.1) is 0 Å². The zero-order chi connectivity index (χ0) is 6.57. The van der Waals surface area contributed by atoms with Crippen LogP contribution in [0.2, 0.25) is 0 Å². The molecule has 0 rings (SSSR count). The van der Waals surface area contributed by atoms with Crippen molar-refractivity contribution >= 4 is 0 Å². The second kappa shape index (κ2) is 3.87. The Kier molecular flexibility index (Phi) is 3.83. The Bertz CT molecular complexity index is 52.5. The first-order valence-corrected chi connectivity index (χ1v) is 3.18. The van der Waals surface area contributed by atoms with Gasteiger partial charge in [0.15, 0.2) is 0 Å². The van der Waals surface area contributed by atoms with Crippen molar-refractivity contribution in [3.05, 3.63) is 0 Å². The first-order valence-electron chi connectivity index (χ1n) is 3.18. The van der Waals surface area contributed by atoms with Gasteiger partial charge in [-0.3, -0.25) is 0 Å². The van der Waals surface area contributed by atoms with Gasteiger partial charge in [-0.2, -0.15) is 0 Å². The number of hydrogen-bond acceptors (Lipinski definition) is 2. The van der Waals surface area contributed by atoms with E-state index in [2.05, 4.69) is 6.92 Å². The highest BCUT2D eigenvalue weighted by molar-refractivity contribution is 4.64. The van der Waals surface area contributed by atoms with Crippen LogP contribution in [0.3, 0.4) is 0 Å². The van der Waals surface area contributed by atoms with Crippen LogP contribution in [-0.4, -0.2) is 12.1 Å².